The Morgan fingerprint density at radius 2 is 1.66 bits per heavy atom. The van der Waals surface area contributed by atoms with Crippen molar-refractivity contribution >= 4 is 22.0 Å². The summed E-state index contributed by atoms with van der Waals surface area (Å²) in [5, 5.41) is 0. The molecule has 2 fully saturated rings. The highest BCUT2D eigenvalue weighted by Gasteiger charge is 2.30. The summed E-state index contributed by atoms with van der Waals surface area (Å²) in [5.41, 5.74) is 0.923. The molecule has 9 nitrogen and oxygen atoms in total. The van der Waals surface area contributed by atoms with Crippen LogP contribution in [0.5, 0.6) is 0 Å². The molecular weight excluding hydrogens is 398 g/mol. The Morgan fingerprint density at radius 1 is 1.03 bits per heavy atom. The molecule has 0 radical (unpaired) electrons. The number of morpholine rings is 1. The van der Waals surface area contributed by atoms with E-state index in [-0.39, 0.29) is 16.9 Å². The number of sulfonamides is 1. The van der Waals surface area contributed by atoms with Crippen molar-refractivity contribution < 1.29 is 27.5 Å². The Kier molecular flexibility index (Phi) is 6.76. The second-order valence-electron chi connectivity index (χ2n) is 6.97. The SMILES string of the molecule is CCOC(=O)N1CCN(C(=O)c2ccc(C)c(S(=O)(=O)N3CCOCC3)c2)CC1. The zero-order valence-corrected chi connectivity index (χ0v) is 17.6. The molecule has 2 heterocycles. The second kappa shape index (κ2) is 9.10. The first kappa shape index (κ1) is 21.5. The first-order valence-electron chi connectivity index (χ1n) is 9.74. The molecule has 2 saturated heterocycles. The topological polar surface area (TPSA) is 96.5 Å². The van der Waals surface area contributed by atoms with Crippen LogP contribution in [0.2, 0.25) is 0 Å². The minimum atomic E-state index is -3.69. The normalized spacial score (nSPS) is 18.6. The monoisotopic (exact) mass is 425 g/mol. The van der Waals surface area contributed by atoms with Crippen molar-refractivity contribution in [2.75, 3.05) is 59.1 Å². The minimum absolute atomic E-state index is 0.149. The highest BCUT2D eigenvalue weighted by molar-refractivity contribution is 7.89. The van der Waals surface area contributed by atoms with Gasteiger partial charge in [0.1, 0.15) is 0 Å². The molecule has 1 aromatic rings. The van der Waals surface area contributed by atoms with Gasteiger partial charge in [-0.3, -0.25) is 4.79 Å². The molecule has 0 N–H and O–H groups in total. The van der Waals surface area contributed by atoms with Crippen LogP contribution in [0.25, 0.3) is 0 Å². The smallest absolute Gasteiger partial charge is 0.409 e. The molecule has 3 rings (SSSR count). The molecule has 160 valence electrons. The van der Waals surface area contributed by atoms with Gasteiger partial charge >= 0.3 is 6.09 Å². The fraction of sp³-hybridized carbons (Fsp3) is 0.579. The molecule has 1 aromatic carbocycles. The molecule has 0 saturated carbocycles. The predicted octanol–water partition coefficient (Wildman–Crippen LogP) is 0.930. The van der Waals surface area contributed by atoms with Gasteiger partial charge in [-0.05, 0) is 31.5 Å². The number of hydrogen-bond acceptors (Lipinski definition) is 6. The van der Waals surface area contributed by atoms with E-state index in [0.29, 0.717) is 70.2 Å². The lowest BCUT2D eigenvalue weighted by atomic mass is 10.1. The average molecular weight is 426 g/mol. The van der Waals surface area contributed by atoms with E-state index >= 15 is 0 Å². The fourth-order valence-corrected chi connectivity index (χ4v) is 5.09. The summed E-state index contributed by atoms with van der Waals surface area (Å²) in [6, 6.07) is 4.77. The summed E-state index contributed by atoms with van der Waals surface area (Å²) in [7, 11) is -3.69. The second-order valence-corrected chi connectivity index (χ2v) is 8.88. The van der Waals surface area contributed by atoms with E-state index in [1.165, 1.54) is 10.4 Å². The number of carbonyl (C=O) groups is 2. The maximum Gasteiger partial charge on any atom is 0.409 e. The quantitative estimate of drug-likeness (QED) is 0.712. The fourth-order valence-electron chi connectivity index (χ4n) is 3.43. The van der Waals surface area contributed by atoms with E-state index in [9.17, 15) is 18.0 Å². The summed E-state index contributed by atoms with van der Waals surface area (Å²) in [6.07, 6.45) is -0.381. The number of piperazine rings is 1. The molecule has 0 atom stereocenters. The lowest BCUT2D eigenvalue weighted by Gasteiger charge is -2.34. The van der Waals surface area contributed by atoms with Gasteiger partial charge in [0, 0.05) is 44.8 Å². The standard InChI is InChI=1S/C19H27N3O6S/c1-3-28-19(24)21-8-6-20(7-9-21)18(23)16-5-4-15(2)17(14-16)29(25,26)22-10-12-27-13-11-22/h4-5,14H,3,6-13H2,1-2H3. The van der Waals surface area contributed by atoms with Crippen LogP contribution in [-0.2, 0) is 19.5 Å². The van der Waals surface area contributed by atoms with Crippen molar-refractivity contribution in [1.82, 2.24) is 14.1 Å². The highest BCUT2D eigenvalue weighted by Crippen LogP contribution is 2.23. The highest BCUT2D eigenvalue weighted by atomic mass is 32.2. The van der Waals surface area contributed by atoms with Crippen LogP contribution >= 0.6 is 0 Å². The lowest BCUT2D eigenvalue weighted by molar-refractivity contribution is 0.0570. The van der Waals surface area contributed by atoms with Crippen molar-refractivity contribution in [2.45, 2.75) is 18.7 Å². The van der Waals surface area contributed by atoms with Gasteiger partial charge in [-0.2, -0.15) is 4.31 Å². The Labute approximate surface area is 171 Å². The van der Waals surface area contributed by atoms with Crippen LogP contribution in [0.3, 0.4) is 0 Å². The molecule has 0 spiro atoms. The number of carbonyl (C=O) groups excluding carboxylic acids is 2. The zero-order chi connectivity index (χ0) is 21.0. The number of amides is 2. The van der Waals surface area contributed by atoms with Gasteiger partial charge in [-0.15, -0.1) is 0 Å². The Bertz CT molecular complexity index is 859. The van der Waals surface area contributed by atoms with Crippen LogP contribution in [-0.4, -0.2) is 93.6 Å². The van der Waals surface area contributed by atoms with Gasteiger partial charge in [0.2, 0.25) is 10.0 Å². The number of hydrogen-bond donors (Lipinski definition) is 0. The van der Waals surface area contributed by atoms with Crippen LogP contribution in [0, 0.1) is 6.92 Å². The van der Waals surface area contributed by atoms with E-state index in [0.717, 1.165) is 0 Å². The summed E-state index contributed by atoms with van der Waals surface area (Å²) in [6.45, 7) is 6.62. The van der Waals surface area contributed by atoms with Crippen LogP contribution in [0.4, 0.5) is 4.79 Å². The predicted molar refractivity (Wildman–Crippen MR) is 105 cm³/mol. The molecule has 10 heteroatoms. The number of benzene rings is 1. The third-order valence-corrected chi connectivity index (χ3v) is 7.16. The lowest BCUT2D eigenvalue weighted by Crippen LogP contribution is -2.50. The van der Waals surface area contributed by atoms with Crippen molar-refractivity contribution in [1.29, 1.82) is 0 Å². The Balaban J connectivity index is 1.74. The zero-order valence-electron chi connectivity index (χ0n) is 16.8. The van der Waals surface area contributed by atoms with Crippen LogP contribution < -0.4 is 0 Å². The Hall–Kier alpha value is -2.17. The summed E-state index contributed by atoms with van der Waals surface area (Å²) in [4.78, 5) is 28.1. The van der Waals surface area contributed by atoms with Crippen molar-refractivity contribution in [3.8, 4) is 0 Å². The van der Waals surface area contributed by atoms with Gasteiger partial charge in [-0.1, -0.05) is 6.07 Å². The van der Waals surface area contributed by atoms with E-state index < -0.39 is 10.0 Å². The molecule has 0 aliphatic carbocycles. The molecular formula is C19H27N3O6S. The maximum absolute atomic E-state index is 13.0. The first-order chi connectivity index (χ1) is 13.8. The van der Waals surface area contributed by atoms with E-state index in [1.54, 1.807) is 35.8 Å². The third-order valence-electron chi connectivity index (χ3n) is 5.12. The molecule has 2 amide bonds. The molecule has 0 unspecified atom stereocenters. The van der Waals surface area contributed by atoms with Crippen LogP contribution in [0.15, 0.2) is 23.1 Å². The van der Waals surface area contributed by atoms with Crippen molar-refractivity contribution in [2.24, 2.45) is 0 Å². The Morgan fingerprint density at radius 3 is 2.28 bits per heavy atom. The average Bonchev–Trinajstić information content (AvgIpc) is 2.74. The van der Waals surface area contributed by atoms with E-state index in [2.05, 4.69) is 0 Å². The maximum atomic E-state index is 13.0. The molecule has 2 aliphatic heterocycles. The van der Waals surface area contributed by atoms with Gasteiger partial charge in [0.15, 0.2) is 0 Å². The number of nitrogens with zero attached hydrogens (tertiary/aromatic N) is 3. The van der Waals surface area contributed by atoms with E-state index in [4.69, 9.17) is 9.47 Å². The van der Waals surface area contributed by atoms with E-state index in [1.807, 2.05) is 0 Å². The van der Waals surface area contributed by atoms with Gasteiger partial charge in [-0.25, -0.2) is 13.2 Å². The van der Waals surface area contributed by atoms with Gasteiger partial charge < -0.3 is 19.3 Å². The molecule has 0 aromatic heterocycles. The minimum Gasteiger partial charge on any atom is -0.450 e. The van der Waals surface area contributed by atoms with Gasteiger partial charge in [0.05, 0.1) is 24.7 Å². The largest absolute Gasteiger partial charge is 0.450 e. The third kappa shape index (κ3) is 4.71. The summed E-state index contributed by atoms with van der Waals surface area (Å²) < 4.78 is 37.7. The molecule has 0 bridgehead atoms. The van der Waals surface area contributed by atoms with Gasteiger partial charge in [0.25, 0.3) is 5.91 Å². The first-order valence-corrected chi connectivity index (χ1v) is 11.2. The summed E-state index contributed by atoms with van der Waals surface area (Å²) in [5.74, 6) is -0.244. The number of ether oxygens (including phenoxy) is 2. The number of rotatable bonds is 4. The molecule has 29 heavy (non-hydrogen) atoms. The summed E-state index contributed by atoms with van der Waals surface area (Å²) >= 11 is 0. The van der Waals surface area contributed by atoms with Crippen molar-refractivity contribution in [3.05, 3.63) is 29.3 Å². The van der Waals surface area contributed by atoms with Crippen molar-refractivity contribution in [3.63, 3.8) is 0 Å². The molecule has 2 aliphatic rings. The number of aryl methyl sites for hydroxylation is 1. The van der Waals surface area contributed by atoms with Crippen LogP contribution in [0.1, 0.15) is 22.8 Å².